The van der Waals surface area contributed by atoms with E-state index in [9.17, 15) is 4.79 Å². The summed E-state index contributed by atoms with van der Waals surface area (Å²) in [6.07, 6.45) is 1.09. The minimum atomic E-state index is 0.217. The third kappa shape index (κ3) is 1.25. The molecule has 2 aromatic rings. The second-order valence-corrected chi connectivity index (χ2v) is 5.92. The van der Waals surface area contributed by atoms with Crippen LogP contribution in [0.1, 0.15) is 39.2 Å². The molecule has 0 aliphatic carbocycles. The Hall–Kier alpha value is -1.61. The monoisotopic (exact) mass is 255 g/mol. The number of carbonyl (C=O) groups excluding carboxylic acids is 1. The molecule has 0 bridgehead atoms. The average molecular weight is 255 g/mol. The van der Waals surface area contributed by atoms with E-state index in [1.807, 2.05) is 29.5 Å². The van der Waals surface area contributed by atoms with E-state index >= 15 is 0 Å². The lowest BCUT2D eigenvalue weighted by molar-refractivity contribution is 0.0772. The molecule has 2 nitrogen and oxygen atoms in total. The van der Waals surface area contributed by atoms with Gasteiger partial charge in [0.25, 0.3) is 5.91 Å². The van der Waals surface area contributed by atoms with Crippen LogP contribution in [-0.2, 0) is 0 Å². The lowest BCUT2D eigenvalue weighted by Gasteiger charge is -2.20. The first-order valence-electron chi connectivity index (χ1n) is 6.29. The Labute approximate surface area is 110 Å². The SMILES string of the molecule is O=C1c2ccccc2C2C(c3cccs3)CCN12. The van der Waals surface area contributed by atoms with Gasteiger partial charge in [-0.25, -0.2) is 0 Å². The van der Waals surface area contributed by atoms with Crippen LogP contribution in [0.2, 0.25) is 0 Å². The summed E-state index contributed by atoms with van der Waals surface area (Å²) in [4.78, 5) is 15.8. The minimum absolute atomic E-state index is 0.217. The van der Waals surface area contributed by atoms with E-state index in [1.54, 1.807) is 0 Å². The van der Waals surface area contributed by atoms with Gasteiger partial charge in [-0.3, -0.25) is 4.79 Å². The van der Waals surface area contributed by atoms with Crippen molar-refractivity contribution in [3.05, 3.63) is 57.8 Å². The third-order valence-electron chi connectivity index (χ3n) is 4.08. The van der Waals surface area contributed by atoms with Gasteiger partial charge in [0.15, 0.2) is 0 Å². The van der Waals surface area contributed by atoms with Crippen molar-refractivity contribution in [2.45, 2.75) is 18.4 Å². The van der Waals surface area contributed by atoms with E-state index in [0.29, 0.717) is 5.92 Å². The molecule has 0 N–H and O–H groups in total. The first-order valence-corrected chi connectivity index (χ1v) is 7.17. The van der Waals surface area contributed by atoms with Crippen LogP contribution in [0.25, 0.3) is 0 Å². The van der Waals surface area contributed by atoms with Crippen LogP contribution < -0.4 is 0 Å². The Morgan fingerprint density at radius 1 is 1.17 bits per heavy atom. The standard InChI is InChI=1S/C15H13NOS/c17-15-11-5-2-1-4-10(11)14-12(7-8-16(14)15)13-6-3-9-18-13/h1-6,9,12,14H,7-8H2. The number of benzene rings is 1. The van der Waals surface area contributed by atoms with Crippen LogP contribution in [0.3, 0.4) is 0 Å². The van der Waals surface area contributed by atoms with Gasteiger partial charge < -0.3 is 4.90 Å². The highest BCUT2D eigenvalue weighted by Gasteiger charge is 2.45. The molecular formula is C15H13NOS. The molecule has 1 saturated heterocycles. The van der Waals surface area contributed by atoms with Crippen molar-refractivity contribution in [1.29, 1.82) is 0 Å². The van der Waals surface area contributed by atoms with E-state index in [1.165, 1.54) is 10.4 Å². The van der Waals surface area contributed by atoms with E-state index in [4.69, 9.17) is 0 Å². The summed E-state index contributed by atoms with van der Waals surface area (Å²) in [5.41, 5.74) is 2.13. The summed E-state index contributed by atoms with van der Waals surface area (Å²) in [7, 11) is 0. The van der Waals surface area contributed by atoms with Gasteiger partial charge >= 0.3 is 0 Å². The molecule has 3 heteroatoms. The number of hydrogen-bond donors (Lipinski definition) is 0. The van der Waals surface area contributed by atoms with Crippen LogP contribution in [0.15, 0.2) is 41.8 Å². The zero-order valence-electron chi connectivity index (χ0n) is 9.87. The molecule has 0 radical (unpaired) electrons. The Morgan fingerprint density at radius 2 is 2.06 bits per heavy atom. The lowest BCUT2D eigenvalue weighted by Crippen LogP contribution is -2.23. The number of rotatable bonds is 1. The number of thiophene rings is 1. The maximum absolute atomic E-state index is 12.3. The van der Waals surface area contributed by atoms with E-state index in [0.717, 1.165) is 18.5 Å². The quantitative estimate of drug-likeness (QED) is 0.764. The Kier molecular flexibility index (Phi) is 2.12. The zero-order valence-corrected chi connectivity index (χ0v) is 10.7. The van der Waals surface area contributed by atoms with Crippen LogP contribution in [-0.4, -0.2) is 17.4 Å². The van der Waals surface area contributed by atoms with Gasteiger partial charge in [0, 0.05) is 22.9 Å². The molecule has 1 amide bonds. The smallest absolute Gasteiger partial charge is 0.254 e. The summed E-state index contributed by atoms with van der Waals surface area (Å²) in [6, 6.07) is 12.6. The van der Waals surface area contributed by atoms with Crippen LogP contribution in [0, 0.1) is 0 Å². The second-order valence-electron chi connectivity index (χ2n) is 4.94. The van der Waals surface area contributed by atoms with Crippen LogP contribution in [0.5, 0.6) is 0 Å². The van der Waals surface area contributed by atoms with Crippen molar-refractivity contribution in [2.75, 3.05) is 6.54 Å². The summed E-state index contributed by atoms with van der Waals surface area (Å²) < 4.78 is 0. The van der Waals surface area contributed by atoms with Crippen molar-refractivity contribution >= 4 is 17.2 Å². The van der Waals surface area contributed by atoms with Gasteiger partial charge in [0.2, 0.25) is 0 Å². The fourth-order valence-corrected chi connectivity index (χ4v) is 4.20. The average Bonchev–Trinajstić information content (AvgIpc) is 3.09. The molecule has 90 valence electrons. The molecule has 1 fully saturated rings. The van der Waals surface area contributed by atoms with Gasteiger partial charge in [-0.05, 0) is 29.5 Å². The minimum Gasteiger partial charge on any atom is -0.331 e. The maximum Gasteiger partial charge on any atom is 0.254 e. The molecule has 2 atom stereocenters. The molecular weight excluding hydrogens is 242 g/mol. The van der Waals surface area contributed by atoms with Gasteiger partial charge in [-0.2, -0.15) is 0 Å². The largest absolute Gasteiger partial charge is 0.331 e. The summed E-state index contributed by atoms with van der Waals surface area (Å²) in [6.45, 7) is 0.890. The molecule has 3 heterocycles. The van der Waals surface area contributed by atoms with Crippen molar-refractivity contribution in [3.63, 3.8) is 0 Å². The summed E-state index contributed by atoms with van der Waals surface area (Å²) in [5, 5.41) is 2.13. The Bertz CT molecular complexity index is 605. The molecule has 2 unspecified atom stereocenters. The summed E-state index contributed by atoms with van der Waals surface area (Å²) >= 11 is 1.81. The third-order valence-corrected chi connectivity index (χ3v) is 5.08. The lowest BCUT2D eigenvalue weighted by atomic mass is 9.92. The molecule has 1 aromatic heterocycles. The summed E-state index contributed by atoms with van der Waals surface area (Å²) in [5.74, 6) is 0.701. The number of amides is 1. The van der Waals surface area contributed by atoms with E-state index in [-0.39, 0.29) is 11.9 Å². The van der Waals surface area contributed by atoms with Crippen LogP contribution >= 0.6 is 11.3 Å². The molecule has 0 spiro atoms. The fourth-order valence-electron chi connectivity index (χ4n) is 3.31. The highest BCUT2D eigenvalue weighted by Crippen LogP contribution is 2.50. The highest BCUT2D eigenvalue weighted by atomic mass is 32.1. The first kappa shape index (κ1) is 10.3. The molecule has 1 aromatic carbocycles. The number of hydrogen-bond acceptors (Lipinski definition) is 2. The topological polar surface area (TPSA) is 20.3 Å². The molecule has 0 saturated carbocycles. The molecule has 2 aliphatic rings. The molecule has 4 rings (SSSR count). The Balaban J connectivity index is 1.84. The first-order chi connectivity index (χ1) is 8.86. The predicted octanol–water partition coefficient (Wildman–Crippen LogP) is 3.43. The van der Waals surface area contributed by atoms with Gasteiger partial charge in [0.05, 0.1) is 6.04 Å². The van der Waals surface area contributed by atoms with Crippen molar-refractivity contribution in [1.82, 2.24) is 4.90 Å². The van der Waals surface area contributed by atoms with E-state index in [2.05, 4.69) is 28.5 Å². The van der Waals surface area contributed by atoms with Crippen LogP contribution in [0.4, 0.5) is 0 Å². The zero-order chi connectivity index (χ0) is 12.1. The number of carbonyl (C=O) groups is 1. The second kappa shape index (κ2) is 3.69. The fraction of sp³-hybridized carbons (Fsp3) is 0.267. The van der Waals surface area contributed by atoms with Crippen molar-refractivity contribution in [3.8, 4) is 0 Å². The highest BCUT2D eigenvalue weighted by molar-refractivity contribution is 7.10. The van der Waals surface area contributed by atoms with Gasteiger partial charge in [-0.15, -0.1) is 11.3 Å². The molecule has 18 heavy (non-hydrogen) atoms. The van der Waals surface area contributed by atoms with E-state index < -0.39 is 0 Å². The normalized spacial score (nSPS) is 25.3. The number of fused-ring (bicyclic) bond motifs is 3. The van der Waals surface area contributed by atoms with Crippen molar-refractivity contribution < 1.29 is 4.79 Å². The van der Waals surface area contributed by atoms with Crippen molar-refractivity contribution in [2.24, 2.45) is 0 Å². The Morgan fingerprint density at radius 3 is 2.89 bits per heavy atom. The predicted molar refractivity (Wildman–Crippen MR) is 71.9 cm³/mol. The maximum atomic E-state index is 12.3. The molecule has 2 aliphatic heterocycles. The van der Waals surface area contributed by atoms with Gasteiger partial charge in [0.1, 0.15) is 0 Å². The van der Waals surface area contributed by atoms with Gasteiger partial charge in [-0.1, -0.05) is 24.3 Å². The number of nitrogens with zero attached hydrogens (tertiary/aromatic N) is 1.